The fraction of sp³-hybridized carbons (Fsp3) is 0.429. The van der Waals surface area contributed by atoms with Gasteiger partial charge in [0.1, 0.15) is 5.75 Å². The number of ether oxygens (including phenoxy) is 1. The molecular formula is C14H18O3. The number of carbonyl (C=O) groups excluding carboxylic acids is 2. The van der Waals surface area contributed by atoms with E-state index < -0.39 is 0 Å². The maximum Gasteiger partial charge on any atom is 0.308 e. The second-order valence-corrected chi connectivity index (χ2v) is 4.17. The highest BCUT2D eigenvalue weighted by atomic mass is 16.5. The molecule has 0 heterocycles. The van der Waals surface area contributed by atoms with Crippen molar-refractivity contribution in [3.63, 3.8) is 0 Å². The summed E-state index contributed by atoms with van der Waals surface area (Å²) in [6, 6.07) is 6.69. The predicted molar refractivity (Wildman–Crippen MR) is 66.2 cm³/mol. The van der Waals surface area contributed by atoms with Gasteiger partial charge in [-0.3, -0.25) is 9.59 Å². The van der Waals surface area contributed by atoms with Gasteiger partial charge in [0.05, 0.1) is 0 Å². The van der Waals surface area contributed by atoms with Crippen LogP contribution in [-0.2, 0) is 4.79 Å². The van der Waals surface area contributed by atoms with Crippen molar-refractivity contribution < 1.29 is 14.3 Å². The van der Waals surface area contributed by atoms with Crippen molar-refractivity contribution in [3.8, 4) is 5.75 Å². The fourth-order valence-corrected chi connectivity index (χ4v) is 1.70. The number of esters is 1. The van der Waals surface area contributed by atoms with E-state index in [0.29, 0.717) is 11.3 Å². The Balaban J connectivity index is 2.73. The molecule has 3 heteroatoms. The first-order chi connectivity index (χ1) is 8.04. The lowest BCUT2D eigenvalue weighted by Crippen LogP contribution is -2.11. The summed E-state index contributed by atoms with van der Waals surface area (Å²) in [5.41, 5.74) is 0.668. The third kappa shape index (κ3) is 4.02. The predicted octanol–water partition coefficient (Wildman–Crippen LogP) is 3.23. The van der Waals surface area contributed by atoms with Gasteiger partial charge < -0.3 is 4.74 Å². The molecule has 3 nitrogen and oxygen atoms in total. The third-order valence-corrected chi connectivity index (χ3v) is 2.57. The fourth-order valence-electron chi connectivity index (χ4n) is 1.70. The van der Waals surface area contributed by atoms with Gasteiger partial charge in [-0.05, 0) is 30.7 Å². The van der Waals surface area contributed by atoms with Crippen molar-refractivity contribution in [1.29, 1.82) is 0 Å². The van der Waals surface area contributed by atoms with Crippen LogP contribution in [0.15, 0.2) is 24.3 Å². The number of rotatable bonds is 5. The minimum atomic E-state index is -0.358. The highest BCUT2D eigenvalue weighted by molar-refractivity contribution is 5.97. The van der Waals surface area contributed by atoms with Crippen molar-refractivity contribution in [1.82, 2.24) is 0 Å². The largest absolute Gasteiger partial charge is 0.427 e. The molecule has 0 saturated heterocycles. The van der Waals surface area contributed by atoms with E-state index in [0.717, 1.165) is 12.8 Å². The van der Waals surface area contributed by atoms with Crippen molar-refractivity contribution in [2.75, 3.05) is 0 Å². The lowest BCUT2D eigenvalue weighted by atomic mass is 9.95. The molecule has 0 spiro atoms. The van der Waals surface area contributed by atoms with Crippen molar-refractivity contribution in [2.45, 2.75) is 33.6 Å². The van der Waals surface area contributed by atoms with Crippen LogP contribution >= 0.6 is 0 Å². The molecule has 1 rings (SSSR count). The van der Waals surface area contributed by atoms with Gasteiger partial charge in [0.15, 0.2) is 5.78 Å². The van der Waals surface area contributed by atoms with E-state index in [1.807, 2.05) is 6.92 Å². The first kappa shape index (κ1) is 13.4. The zero-order valence-corrected chi connectivity index (χ0v) is 10.5. The Morgan fingerprint density at radius 1 is 1.24 bits per heavy atom. The Morgan fingerprint density at radius 3 is 2.29 bits per heavy atom. The summed E-state index contributed by atoms with van der Waals surface area (Å²) in [7, 11) is 0. The molecule has 0 bridgehead atoms. The zero-order valence-electron chi connectivity index (χ0n) is 10.5. The normalized spacial score (nSPS) is 11.9. The van der Waals surface area contributed by atoms with E-state index in [-0.39, 0.29) is 17.7 Å². The highest BCUT2D eigenvalue weighted by Gasteiger charge is 2.14. The number of hydrogen-bond acceptors (Lipinski definition) is 3. The molecule has 0 aliphatic heterocycles. The average molecular weight is 234 g/mol. The number of Topliss-reactive ketones (excluding diaryl/α,β-unsaturated/α-hetero) is 1. The van der Waals surface area contributed by atoms with E-state index >= 15 is 0 Å². The minimum absolute atomic E-state index is 0.0413. The smallest absolute Gasteiger partial charge is 0.308 e. The molecule has 0 aliphatic rings. The highest BCUT2D eigenvalue weighted by Crippen LogP contribution is 2.17. The van der Waals surface area contributed by atoms with E-state index in [1.165, 1.54) is 6.92 Å². The Labute approximate surface area is 102 Å². The van der Waals surface area contributed by atoms with Crippen molar-refractivity contribution in [2.24, 2.45) is 5.92 Å². The van der Waals surface area contributed by atoms with Crippen LogP contribution < -0.4 is 4.74 Å². The quantitative estimate of drug-likeness (QED) is 0.446. The molecule has 0 aliphatic carbocycles. The molecule has 17 heavy (non-hydrogen) atoms. The number of hydrogen-bond donors (Lipinski definition) is 0. The lowest BCUT2D eigenvalue weighted by Gasteiger charge is -2.09. The molecule has 0 fully saturated rings. The summed E-state index contributed by atoms with van der Waals surface area (Å²) in [6.45, 7) is 5.35. The molecule has 0 radical (unpaired) electrons. The Morgan fingerprint density at radius 2 is 1.82 bits per heavy atom. The van der Waals surface area contributed by atoms with E-state index in [9.17, 15) is 9.59 Å². The molecule has 0 aromatic heterocycles. The SMILES string of the molecule is CCCC(C)C(=O)c1ccc(OC(C)=O)cc1. The summed E-state index contributed by atoms with van der Waals surface area (Å²) < 4.78 is 4.91. The summed E-state index contributed by atoms with van der Waals surface area (Å²) in [5, 5.41) is 0. The van der Waals surface area contributed by atoms with Gasteiger partial charge in [0.2, 0.25) is 0 Å². The minimum Gasteiger partial charge on any atom is -0.427 e. The number of carbonyl (C=O) groups is 2. The first-order valence-electron chi connectivity index (χ1n) is 5.87. The second kappa shape index (κ2) is 6.18. The zero-order chi connectivity index (χ0) is 12.8. The molecule has 0 amide bonds. The van der Waals surface area contributed by atoms with Crippen LogP contribution in [0, 0.1) is 5.92 Å². The molecular weight excluding hydrogens is 216 g/mol. The topological polar surface area (TPSA) is 43.4 Å². The van der Waals surface area contributed by atoms with Crippen molar-refractivity contribution >= 4 is 11.8 Å². The molecule has 0 saturated carbocycles. The maximum absolute atomic E-state index is 12.0. The summed E-state index contributed by atoms with van der Waals surface area (Å²) in [4.78, 5) is 22.7. The summed E-state index contributed by atoms with van der Waals surface area (Å²) >= 11 is 0. The molecule has 1 aromatic carbocycles. The van der Waals surface area contributed by atoms with Crippen LogP contribution in [0.4, 0.5) is 0 Å². The van der Waals surface area contributed by atoms with Crippen LogP contribution in [0.3, 0.4) is 0 Å². The average Bonchev–Trinajstić information content (AvgIpc) is 2.28. The van der Waals surface area contributed by atoms with Gasteiger partial charge in [-0.15, -0.1) is 0 Å². The van der Waals surface area contributed by atoms with Gasteiger partial charge in [0.25, 0.3) is 0 Å². The Bertz CT molecular complexity index is 392. The molecule has 92 valence electrons. The van der Waals surface area contributed by atoms with E-state index in [1.54, 1.807) is 24.3 Å². The van der Waals surface area contributed by atoms with Gasteiger partial charge in [-0.25, -0.2) is 0 Å². The lowest BCUT2D eigenvalue weighted by molar-refractivity contribution is -0.131. The van der Waals surface area contributed by atoms with Gasteiger partial charge in [-0.1, -0.05) is 20.3 Å². The molecule has 1 aromatic rings. The van der Waals surface area contributed by atoms with Gasteiger partial charge in [-0.2, -0.15) is 0 Å². The summed E-state index contributed by atoms with van der Waals surface area (Å²) in [6.07, 6.45) is 1.89. The standard InChI is InChI=1S/C14H18O3/c1-4-5-10(2)14(16)12-6-8-13(9-7-12)17-11(3)15/h6-10H,4-5H2,1-3H3. The Kier molecular flexibility index (Phi) is 4.88. The second-order valence-electron chi connectivity index (χ2n) is 4.17. The summed E-state index contributed by atoms with van der Waals surface area (Å²) in [5.74, 6) is 0.293. The Hall–Kier alpha value is -1.64. The van der Waals surface area contributed by atoms with E-state index in [4.69, 9.17) is 4.74 Å². The van der Waals surface area contributed by atoms with Crippen LogP contribution in [0.5, 0.6) is 5.75 Å². The number of ketones is 1. The molecule has 1 atom stereocenters. The monoisotopic (exact) mass is 234 g/mol. The number of benzene rings is 1. The maximum atomic E-state index is 12.0. The third-order valence-electron chi connectivity index (χ3n) is 2.57. The van der Waals surface area contributed by atoms with Crippen LogP contribution in [0.1, 0.15) is 44.0 Å². The van der Waals surface area contributed by atoms with Gasteiger partial charge >= 0.3 is 5.97 Å². The van der Waals surface area contributed by atoms with Crippen LogP contribution in [-0.4, -0.2) is 11.8 Å². The molecule has 1 unspecified atom stereocenters. The van der Waals surface area contributed by atoms with E-state index in [2.05, 4.69) is 6.92 Å². The molecule has 0 N–H and O–H groups in total. The van der Waals surface area contributed by atoms with Crippen molar-refractivity contribution in [3.05, 3.63) is 29.8 Å². The van der Waals surface area contributed by atoms with Gasteiger partial charge in [0, 0.05) is 18.4 Å². The van der Waals surface area contributed by atoms with Crippen LogP contribution in [0.2, 0.25) is 0 Å². The first-order valence-corrected chi connectivity index (χ1v) is 5.87. The van der Waals surface area contributed by atoms with Crippen LogP contribution in [0.25, 0.3) is 0 Å².